The Hall–Kier alpha value is -0.580. The second-order valence-electron chi connectivity index (χ2n) is 5.24. The van der Waals surface area contributed by atoms with Crippen LogP contribution in [0.25, 0.3) is 0 Å². The first kappa shape index (κ1) is 9.63. The molecule has 0 unspecified atom stereocenters. The Balaban J connectivity index is 1.78. The quantitative estimate of drug-likeness (QED) is 0.707. The normalized spacial score (nSPS) is 50.5. The van der Waals surface area contributed by atoms with Crippen molar-refractivity contribution in [2.24, 2.45) is 29.6 Å². The molecule has 1 N–H and O–H groups in total. The average Bonchev–Trinajstić information content (AvgIpc) is 2.62. The highest BCUT2D eigenvalue weighted by Gasteiger charge is 2.60. The molecule has 0 radical (unpaired) electrons. The lowest BCUT2D eigenvalue weighted by Gasteiger charge is -2.43. The number of hydrogen-bond acceptors (Lipinski definition) is 3. The van der Waals surface area contributed by atoms with Crippen molar-refractivity contribution in [3.8, 4) is 0 Å². The molecule has 4 nitrogen and oxygen atoms in total. The number of carbonyl (C=O) groups is 1. The van der Waals surface area contributed by atoms with Crippen molar-refractivity contribution in [3.63, 3.8) is 0 Å². The van der Waals surface area contributed by atoms with Crippen LogP contribution in [0.15, 0.2) is 0 Å². The summed E-state index contributed by atoms with van der Waals surface area (Å²) in [6.45, 7) is 0. The topological polar surface area (TPSA) is 71.4 Å². The van der Waals surface area contributed by atoms with E-state index in [9.17, 15) is 13.2 Å². The highest BCUT2D eigenvalue weighted by atomic mass is 32.2. The molecule has 4 atom stereocenters. The van der Waals surface area contributed by atoms with Crippen LogP contribution in [-0.4, -0.2) is 31.0 Å². The standard InChI is InChI=1S/C10H14O4S/c11-10(12)5-1-6-7(2-5)9-4-15(13,14)3-8(6)9/h5-9H,1-4H2,(H,11,12)/t6-,7-,8-,9-/m0/s1. The fourth-order valence-corrected chi connectivity index (χ4v) is 6.23. The van der Waals surface area contributed by atoms with Gasteiger partial charge in [-0.2, -0.15) is 0 Å². The van der Waals surface area contributed by atoms with Crippen LogP contribution in [-0.2, 0) is 14.6 Å². The van der Waals surface area contributed by atoms with Crippen molar-refractivity contribution >= 4 is 15.8 Å². The van der Waals surface area contributed by atoms with E-state index < -0.39 is 15.8 Å². The Morgan fingerprint density at radius 3 is 1.87 bits per heavy atom. The summed E-state index contributed by atoms with van der Waals surface area (Å²) in [5, 5.41) is 8.92. The summed E-state index contributed by atoms with van der Waals surface area (Å²) in [7, 11) is -2.81. The van der Waals surface area contributed by atoms with E-state index in [4.69, 9.17) is 5.11 Å². The van der Waals surface area contributed by atoms with E-state index in [1.807, 2.05) is 0 Å². The van der Waals surface area contributed by atoms with E-state index in [1.165, 1.54) is 0 Å². The lowest BCUT2D eigenvalue weighted by Crippen LogP contribution is -2.42. The SMILES string of the molecule is O=C(O)C1C[C@H]2[C@H](C1)[C@@H]1CS(=O)(=O)C[C@@H]21. The molecule has 2 aliphatic carbocycles. The van der Waals surface area contributed by atoms with Crippen molar-refractivity contribution in [3.05, 3.63) is 0 Å². The fraction of sp³-hybridized carbons (Fsp3) is 0.900. The molecule has 1 saturated heterocycles. The van der Waals surface area contributed by atoms with E-state index in [1.54, 1.807) is 0 Å². The molecule has 0 aromatic carbocycles. The molecule has 1 heterocycles. The molecule has 0 aromatic rings. The number of aliphatic carboxylic acids is 1. The van der Waals surface area contributed by atoms with Gasteiger partial charge in [-0.3, -0.25) is 4.79 Å². The zero-order valence-corrected chi connectivity index (χ0v) is 9.11. The van der Waals surface area contributed by atoms with Crippen molar-refractivity contribution < 1.29 is 18.3 Å². The van der Waals surface area contributed by atoms with Gasteiger partial charge in [0.1, 0.15) is 0 Å². The molecule has 0 amide bonds. The summed E-state index contributed by atoms with van der Waals surface area (Å²) in [5.74, 6) is 1.03. The molecule has 15 heavy (non-hydrogen) atoms. The van der Waals surface area contributed by atoms with Gasteiger partial charge < -0.3 is 5.11 Å². The van der Waals surface area contributed by atoms with Crippen molar-refractivity contribution in [1.29, 1.82) is 0 Å². The molecular weight excluding hydrogens is 216 g/mol. The Bertz CT molecular complexity index is 387. The van der Waals surface area contributed by atoms with Crippen LogP contribution in [0, 0.1) is 29.6 Å². The van der Waals surface area contributed by atoms with Crippen molar-refractivity contribution in [2.75, 3.05) is 11.5 Å². The Kier molecular flexibility index (Phi) is 1.77. The van der Waals surface area contributed by atoms with E-state index in [0.717, 1.165) is 0 Å². The highest BCUT2D eigenvalue weighted by Crippen LogP contribution is 2.60. The summed E-state index contributed by atoms with van der Waals surface area (Å²) in [5.41, 5.74) is 0. The first-order chi connectivity index (χ1) is 6.98. The number of fused-ring (bicyclic) bond motifs is 4. The summed E-state index contributed by atoms with van der Waals surface area (Å²) >= 11 is 0. The van der Waals surface area contributed by atoms with E-state index in [2.05, 4.69) is 0 Å². The van der Waals surface area contributed by atoms with Crippen LogP contribution in [0.3, 0.4) is 0 Å². The zero-order chi connectivity index (χ0) is 10.8. The van der Waals surface area contributed by atoms with Gasteiger partial charge in [0, 0.05) is 0 Å². The van der Waals surface area contributed by atoms with Crippen LogP contribution < -0.4 is 0 Å². The third-order valence-electron chi connectivity index (χ3n) is 4.56. The minimum absolute atomic E-state index is 0.215. The molecule has 5 heteroatoms. The molecule has 84 valence electrons. The van der Waals surface area contributed by atoms with Gasteiger partial charge in [-0.1, -0.05) is 0 Å². The smallest absolute Gasteiger partial charge is 0.306 e. The minimum Gasteiger partial charge on any atom is -0.481 e. The molecule has 0 aromatic heterocycles. The number of sulfone groups is 1. The number of rotatable bonds is 1. The fourth-order valence-electron chi connectivity index (χ4n) is 3.93. The van der Waals surface area contributed by atoms with Gasteiger partial charge >= 0.3 is 5.97 Å². The van der Waals surface area contributed by atoms with E-state index in [0.29, 0.717) is 36.2 Å². The summed E-state index contributed by atoms with van der Waals surface area (Å²) < 4.78 is 22.8. The molecular formula is C10H14O4S. The highest BCUT2D eigenvalue weighted by molar-refractivity contribution is 7.91. The molecule has 3 fully saturated rings. The maximum absolute atomic E-state index is 11.4. The second kappa shape index (κ2) is 2.75. The predicted octanol–water partition coefficient (Wildman–Crippen LogP) is 0.388. The zero-order valence-electron chi connectivity index (χ0n) is 8.30. The lowest BCUT2D eigenvalue weighted by molar-refractivity contribution is -0.141. The van der Waals surface area contributed by atoms with E-state index >= 15 is 0 Å². The van der Waals surface area contributed by atoms with Crippen LogP contribution in [0.5, 0.6) is 0 Å². The van der Waals surface area contributed by atoms with E-state index in [-0.39, 0.29) is 17.8 Å². The lowest BCUT2D eigenvalue weighted by atomic mass is 9.60. The monoisotopic (exact) mass is 230 g/mol. The van der Waals surface area contributed by atoms with Crippen LogP contribution in [0.1, 0.15) is 12.8 Å². The van der Waals surface area contributed by atoms with Crippen molar-refractivity contribution in [2.45, 2.75) is 12.8 Å². The van der Waals surface area contributed by atoms with Gasteiger partial charge in [0.15, 0.2) is 9.84 Å². The van der Waals surface area contributed by atoms with Gasteiger partial charge in [-0.15, -0.1) is 0 Å². The first-order valence-corrected chi connectivity index (χ1v) is 7.23. The predicted molar refractivity (Wildman–Crippen MR) is 53.0 cm³/mol. The van der Waals surface area contributed by atoms with Gasteiger partial charge in [0.2, 0.25) is 0 Å². The third-order valence-corrected chi connectivity index (χ3v) is 6.34. The third kappa shape index (κ3) is 1.25. The first-order valence-electron chi connectivity index (χ1n) is 5.41. The molecule has 2 saturated carbocycles. The number of carboxylic acid groups (broad SMARTS) is 1. The van der Waals surface area contributed by atoms with Crippen LogP contribution >= 0.6 is 0 Å². The molecule has 0 spiro atoms. The second-order valence-corrected chi connectivity index (χ2v) is 7.39. The van der Waals surface area contributed by atoms with Gasteiger partial charge in [0.25, 0.3) is 0 Å². The summed E-state index contributed by atoms with van der Waals surface area (Å²) in [6, 6.07) is 0. The molecule has 1 aliphatic heterocycles. The Morgan fingerprint density at radius 2 is 1.47 bits per heavy atom. The van der Waals surface area contributed by atoms with Gasteiger partial charge in [-0.05, 0) is 36.5 Å². The van der Waals surface area contributed by atoms with Crippen LogP contribution in [0.4, 0.5) is 0 Å². The molecule has 3 aliphatic rings. The summed E-state index contributed by atoms with van der Waals surface area (Å²) in [6.07, 6.45) is 1.41. The number of carboxylic acids is 1. The molecule has 3 rings (SSSR count). The molecule has 0 bridgehead atoms. The maximum atomic E-state index is 11.4. The largest absolute Gasteiger partial charge is 0.481 e. The summed E-state index contributed by atoms with van der Waals surface area (Å²) in [4.78, 5) is 10.8. The maximum Gasteiger partial charge on any atom is 0.306 e. The minimum atomic E-state index is -2.81. The van der Waals surface area contributed by atoms with Gasteiger partial charge in [-0.25, -0.2) is 8.42 Å². The Labute approximate surface area is 88.6 Å². The van der Waals surface area contributed by atoms with Crippen LogP contribution in [0.2, 0.25) is 0 Å². The average molecular weight is 230 g/mol. The van der Waals surface area contributed by atoms with Crippen molar-refractivity contribution in [1.82, 2.24) is 0 Å². The number of hydrogen-bond donors (Lipinski definition) is 1. The Morgan fingerprint density at radius 1 is 1.00 bits per heavy atom. The van der Waals surface area contributed by atoms with Gasteiger partial charge in [0.05, 0.1) is 17.4 Å².